The van der Waals surface area contributed by atoms with E-state index < -0.39 is 43.0 Å². The van der Waals surface area contributed by atoms with Crippen LogP contribution in [0.1, 0.15) is 0 Å². The van der Waals surface area contributed by atoms with Crippen molar-refractivity contribution in [3.63, 3.8) is 0 Å². The van der Waals surface area contributed by atoms with E-state index in [9.17, 15) is 26.3 Å². The van der Waals surface area contributed by atoms with Crippen molar-refractivity contribution in [1.29, 1.82) is 0 Å². The minimum atomic E-state index is -3.31. The highest BCUT2D eigenvalue weighted by atomic mass is 28.3. The lowest BCUT2D eigenvalue weighted by molar-refractivity contribution is 0.583. The van der Waals surface area contributed by atoms with E-state index >= 15 is 0 Å². The smallest absolute Gasteiger partial charge is 0.179 e. The van der Waals surface area contributed by atoms with Gasteiger partial charge in [-0.3, -0.25) is 0 Å². The first-order chi connectivity index (χ1) is 26.6. The van der Waals surface area contributed by atoms with E-state index in [1.165, 1.54) is 36.4 Å². The van der Waals surface area contributed by atoms with Crippen molar-refractivity contribution >= 4 is 28.8 Å². The molecule has 0 N–H and O–H groups in total. The summed E-state index contributed by atoms with van der Waals surface area (Å²) in [5.41, 5.74) is 5.10. The summed E-state index contributed by atoms with van der Waals surface area (Å²) in [4.78, 5) is 0. The van der Waals surface area contributed by atoms with Crippen LogP contribution in [0, 0.1) is 34.9 Å². The van der Waals surface area contributed by atoms with E-state index in [1.54, 1.807) is 0 Å². The Bertz CT molecular complexity index is 2330. The van der Waals surface area contributed by atoms with Gasteiger partial charge in [0.25, 0.3) is 0 Å². The summed E-state index contributed by atoms with van der Waals surface area (Å²) >= 11 is 0. The maximum absolute atomic E-state index is 14.3. The predicted octanol–water partition coefficient (Wildman–Crippen LogP) is 10.6. The van der Waals surface area contributed by atoms with Gasteiger partial charge in [-0.05, 0) is 102 Å². The van der Waals surface area contributed by atoms with Crippen molar-refractivity contribution in [2.24, 2.45) is 0 Å². The third-order valence-corrected chi connectivity index (χ3v) is 14.8. The van der Waals surface area contributed by atoms with Gasteiger partial charge >= 0.3 is 0 Å². The molecule has 0 aliphatic heterocycles. The zero-order valence-corrected chi connectivity index (χ0v) is 30.1. The summed E-state index contributed by atoms with van der Waals surface area (Å²) in [5.74, 6) is -4.10. The molecule has 0 bridgehead atoms. The SMILES string of the molecule is Fc1cc(F)cc(-c2ccc([Si](c3ccc(-c4ccccc4)cc3)(c3ccc(-c4cc(F)cc(F)c4)cc3)c3ccc(-c4cc(F)cc(F)c4)cc3)cc2)c1. The lowest BCUT2D eigenvalue weighted by Crippen LogP contribution is -2.74. The van der Waals surface area contributed by atoms with Gasteiger partial charge in [-0.2, -0.15) is 0 Å². The summed E-state index contributed by atoms with van der Waals surface area (Å²) in [7, 11) is -3.31. The molecule has 0 amide bonds. The van der Waals surface area contributed by atoms with Crippen LogP contribution in [0.4, 0.5) is 26.3 Å². The lowest BCUT2D eigenvalue weighted by atomic mass is 10.1. The second-order valence-electron chi connectivity index (χ2n) is 13.4. The van der Waals surface area contributed by atoms with Gasteiger partial charge < -0.3 is 0 Å². The summed E-state index contributed by atoms with van der Waals surface area (Å²) in [5, 5.41) is 3.82. The van der Waals surface area contributed by atoms with Crippen molar-refractivity contribution in [1.82, 2.24) is 0 Å². The Kier molecular flexibility index (Phi) is 9.55. The standard InChI is InChI=1S/C48H30F6Si/c49-39-22-36(23-40(50)28-39)33-8-16-46(17-9-33)55(45-14-6-32(7-15-45)31-4-2-1-3-5-31,47-18-10-34(11-19-47)37-24-41(51)29-42(52)25-37)48-20-12-35(13-21-48)38-26-43(53)30-44(54)27-38/h1-30H. The van der Waals surface area contributed by atoms with Crippen LogP contribution in [-0.4, -0.2) is 8.07 Å². The second kappa shape index (κ2) is 14.8. The Balaban J connectivity index is 1.36. The molecule has 8 rings (SSSR count). The monoisotopic (exact) mass is 748 g/mol. The van der Waals surface area contributed by atoms with E-state index in [1.807, 2.05) is 103 Å². The largest absolute Gasteiger partial charge is 0.207 e. The average molecular weight is 749 g/mol. The van der Waals surface area contributed by atoms with Gasteiger partial charge in [0, 0.05) is 18.2 Å². The van der Waals surface area contributed by atoms with Crippen LogP contribution in [-0.2, 0) is 0 Å². The van der Waals surface area contributed by atoms with Crippen molar-refractivity contribution in [2.45, 2.75) is 0 Å². The van der Waals surface area contributed by atoms with Crippen molar-refractivity contribution in [2.75, 3.05) is 0 Å². The predicted molar refractivity (Wildman–Crippen MR) is 212 cm³/mol. The molecule has 8 aromatic rings. The summed E-state index contributed by atoms with van der Waals surface area (Å²) in [6.07, 6.45) is 0. The summed E-state index contributed by atoms with van der Waals surface area (Å²) in [6, 6.07) is 51.5. The molecule has 8 aromatic carbocycles. The third kappa shape index (κ3) is 7.14. The van der Waals surface area contributed by atoms with Gasteiger partial charge in [-0.1, -0.05) is 127 Å². The number of rotatable bonds is 8. The highest BCUT2D eigenvalue weighted by molar-refractivity contribution is 7.19. The fourth-order valence-corrected chi connectivity index (χ4v) is 12.1. The molecule has 0 nitrogen and oxygen atoms in total. The van der Waals surface area contributed by atoms with E-state index in [0.29, 0.717) is 33.4 Å². The molecule has 0 saturated carbocycles. The molecule has 268 valence electrons. The van der Waals surface area contributed by atoms with Gasteiger partial charge in [-0.15, -0.1) is 0 Å². The van der Waals surface area contributed by atoms with Crippen LogP contribution >= 0.6 is 0 Å². The highest BCUT2D eigenvalue weighted by Crippen LogP contribution is 2.26. The molecule has 0 aromatic heterocycles. The zero-order chi connectivity index (χ0) is 38.1. The molecule has 0 spiro atoms. The first-order valence-electron chi connectivity index (χ1n) is 17.5. The van der Waals surface area contributed by atoms with Gasteiger partial charge in [0.15, 0.2) is 8.07 Å². The summed E-state index contributed by atoms with van der Waals surface area (Å²) < 4.78 is 85.7. The third-order valence-electron chi connectivity index (χ3n) is 9.97. The van der Waals surface area contributed by atoms with E-state index in [0.717, 1.165) is 50.1 Å². The first-order valence-corrected chi connectivity index (χ1v) is 19.5. The quantitative estimate of drug-likeness (QED) is 0.0825. The van der Waals surface area contributed by atoms with Crippen LogP contribution < -0.4 is 20.7 Å². The zero-order valence-electron chi connectivity index (χ0n) is 29.1. The van der Waals surface area contributed by atoms with Crippen molar-refractivity contribution in [3.8, 4) is 44.5 Å². The number of hydrogen-bond donors (Lipinski definition) is 0. The van der Waals surface area contributed by atoms with Gasteiger partial charge in [0.05, 0.1) is 0 Å². The van der Waals surface area contributed by atoms with Gasteiger partial charge in [-0.25, -0.2) is 26.3 Å². The summed E-state index contributed by atoms with van der Waals surface area (Å²) in [6.45, 7) is 0. The molecule has 0 heterocycles. The normalized spacial score (nSPS) is 11.5. The van der Waals surface area contributed by atoms with Crippen LogP contribution in [0.15, 0.2) is 182 Å². The molecular formula is C48H30F6Si. The van der Waals surface area contributed by atoms with Crippen LogP contribution in [0.25, 0.3) is 44.5 Å². The Hall–Kier alpha value is -6.44. The minimum Gasteiger partial charge on any atom is -0.207 e. The molecule has 0 unspecified atom stereocenters. The number of halogens is 6. The molecule has 0 aliphatic carbocycles. The Morgan fingerprint density at radius 3 is 0.691 bits per heavy atom. The fourth-order valence-electron chi connectivity index (χ4n) is 7.44. The maximum atomic E-state index is 14.3. The van der Waals surface area contributed by atoms with Crippen LogP contribution in [0.2, 0.25) is 0 Å². The van der Waals surface area contributed by atoms with Gasteiger partial charge in [0.2, 0.25) is 0 Å². The fraction of sp³-hybridized carbons (Fsp3) is 0. The topological polar surface area (TPSA) is 0 Å². The van der Waals surface area contributed by atoms with E-state index in [4.69, 9.17) is 0 Å². The minimum absolute atomic E-state index is 0.391. The molecule has 0 fully saturated rings. The van der Waals surface area contributed by atoms with Crippen molar-refractivity contribution < 1.29 is 26.3 Å². The molecule has 55 heavy (non-hydrogen) atoms. The molecule has 0 saturated heterocycles. The Labute approximate surface area is 315 Å². The molecule has 0 radical (unpaired) electrons. The number of benzene rings is 8. The highest BCUT2D eigenvalue weighted by Gasteiger charge is 2.41. The van der Waals surface area contributed by atoms with Gasteiger partial charge in [0.1, 0.15) is 34.9 Å². The Morgan fingerprint density at radius 2 is 0.436 bits per heavy atom. The van der Waals surface area contributed by atoms with Crippen molar-refractivity contribution in [3.05, 3.63) is 217 Å². The maximum Gasteiger partial charge on any atom is 0.179 e. The molecular weight excluding hydrogens is 719 g/mol. The van der Waals surface area contributed by atoms with Crippen LogP contribution in [0.3, 0.4) is 0 Å². The molecule has 0 aliphatic rings. The first kappa shape index (κ1) is 35.6. The second-order valence-corrected chi connectivity index (χ2v) is 17.2. The van der Waals surface area contributed by atoms with Crippen LogP contribution in [0.5, 0.6) is 0 Å². The average Bonchev–Trinajstić information content (AvgIpc) is 3.18. The molecule has 7 heteroatoms. The molecule has 0 atom stereocenters. The van der Waals surface area contributed by atoms with E-state index in [2.05, 4.69) is 24.3 Å². The Morgan fingerprint density at radius 1 is 0.218 bits per heavy atom. The number of hydrogen-bond acceptors (Lipinski definition) is 0. The lowest BCUT2D eigenvalue weighted by Gasteiger charge is -2.35. The van der Waals surface area contributed by atoms with E-state index in [-0.39, 0.29) is 0 Å².